The number of hydrogen-bond donors (Lipinski definition) is 1. The van der Waals surface area contributed by atoms with Crippen molar-refractivity contribution in [3.63, 3.8) is 0 Å². The van der Waals surface area contributed by atoms with E-state index in [-0.39, 0.29) is 17.6 Å². The molecule has 0 amide bonds. The van der Waals surface area contributed by atoms with Crippen LogP contribution in [0.5, 0.6) is 11.5 Å². The molecule has 0 saturated carbocycles. The molecule has 92 valence electrons. The van der Waals surface area contributed by atoms with Crippen molar-refractivity contribution in [2.45, 2.75) is 19.8 Å². The van der Waals surface area contributed by atoms with E-state index in [1.165, 1.54) is 6.07 Å². The van der Waals surface area contributed by atoms with Crippen LogP contribution in [0.1, 0.15) is 18.4 Å². The highest BCUT2D eigenvalue weighted by molar-refractivity contribution is 7.99. The summed E-state index contributed by atoms with van der Waals surface area (Å²) in [6, 6.07) is 4.87. The van der Waals surface area contributed by atoms with E-state index in [2.05, 4.69) is 0 Å². The molecular formula is C13H16O3S. The summed E-state index contributed by atoms with van der Waals surface area (Å²) in [4.78, 5) is 11.9. The normalized spacial score (nSPS) is 16.8. The third-order valence-electron chi connectivity index (χ3n) is 2.81. The highest BCUT2D eigenvalue weighted by Gasteiger charge is 2.23. The first-order chi connectivity index (χ1) is 8.15. The van der Waals surface area contributed by atoms with E-state index >= 15 is 0 Å². The van der Waals surface area contributed by atoms with Gasteiger partial charge >= 0.3 is 5.97 Å². The number of benzene rings is 1. The number of esters is 1. The molecule has 17 heavy (non-hydrogen) atoms. The molecule has 1 saturated heterocycles. The van der Waals surface area contributed by atoms with Crippen LogP contribution in [0, 0.1) is 12.8 Å². The van der Waals surface area contributed by atoms with Gasteiger partial charge in [-0.1, -0.05) is 0 Å². The lowest BCUT2D eigenvalue weighted by Gasteiger charge is -2.19. The molecular weight excluding hydrogens is 236 g/mol. The molecule has 0 bridgehead atoms. The van der Waals surface area contributed by atoms with Gasteiger partial charge in [0.05, 0.1) is 5.92 Å². The largest absolute Gasteiger partial charge is 0.508 e. The van der Waals surface area contributed by atoms with Crippen molar-refractivity contribution in [3.8, 4) is 11.5 Å². The van der Waals surface area contributed by atoms with Crippen LogP contribution in [0.25, 0.3) is 0 Å². The molecule has 4 heteroatoms. The quantitative estimate of drug-likeness (QED) is 0.649. The molecule has 1 heterocycles. The van der Waals surface area contributed by atoms with E-state index in [4.69, 9.17) is 4.74 Å². The van der Waals surface area contributed by atoms with E-state index in [0.29, 0.717) is 5.75 Å². The Labute approximate surface area is 105 Å². The van der Waals surface area contributed by atoms with Crippen molar-refractivity contribution >= 4 is 17.7 Å². The first-order valence-corrected chi connectivity index (χ1v) is 6.91. The molecule has 1 aliphatic heterocycles. The summed E-state index contributed by atoms with van der Waals surface area (Å²) in [5.74, 6) is 2.46. The maximum absolute atomic E-state index is 11.9. The van der Waals surface area contributed by atoms with Crippen molar-refractivity contribution in [1.82, 2.24) is 0 Å². The second-order valence-electron chi connectivity index (χ2n) is 4.31. The van der Waals surface area contributed by atoms with Crippen LogP contribution < -0.4 is 4.74 Å². The van der Waals surface area contributed by atoms with Crippen molar-refractivity contribution in [2.75, 3.05) is 11.5 Å². The number of aryl methyl sites for hydroxylation is 1. The predicted molar refractivity (Wildman–Crippen MR) is 68.5 cm³/mol. The molecule has 1 aromatic rings. The Morgan fingerprint density at radius 2 is 2.06 bits per heavy atom. The van der Waals surface area contributed by atoms with Gasteiger partial charge in [-0.05, 0) is 49.0 Å². The third kappa shape index (κ3) is 3.40. The number of carbonyl (C=O) groups is 1. The van der Waals surface area contributed by atoms with E-state index in [1.807, 2.05) is 18.7 Å². The molecule has 3 nitrogen and oxygen atoms in total. The Morgan fingerprint density at radius 1 is 1.35 bits per heavy atom. The number of phenolic OH excluding ortho intramolecular Hbond substituents is 1. The Bertz CT molecular complexity index is 391. The lowest BCUT2D eigenvalue weighted by molar-refractivity contribution is -0.139. The second kappa shape index (κ2) is 5.45. The van der Waals surface area contributed by atoms with Crippen molar-refractivity contribution in [3.05, 3.63) is 23.8 Å². The van der Waals surface area contributed by atoms with Crippen LogP contribution in [0.4, 0.5) is 0 Å². The Balaban J connectivity index is 2.01. The Kier molecular flexibility index (Phi) is 3.94. The minimum atomic E-state index is -0.171. The summed E-state index contributed by atoms with van der Waals surface area (Å²) in [5.41, 5.74) is 0.881. The average molecular weight is 252 g/mol. The number of rotatable bonds is 2. The van der Waals surface area contributed by atoms with E-state index < -0.39 is 0 Å². The van der Waals surface area contributed by atoms with Crippen LogP contribution >= 0.6 is 11.8 Å². The molecule has 0 unspecified atom stereocenters. The monoisotopic (exact) mass is 252 g/mol. The fourth-order valence-electron chi connectivity index (χ4n) is 1.92. The van der Waals surface area contributed by atoms with E-state index in [0.717, 1.165) is 29.9 Å². The van der Waals surface area contributed by atoms with Gasteiger partial charge in [-0.3, -0.25) is 4.79 Å². The minimum Gasteiger partial charge on any atom is -0.508 e. The van der Waals surface area contributed by atoms with E-state index in [1.54, 1.807) is 12.1 Å². The molecule has 0 aliphatic carbocycles. The van der Waals surface area contributed by atoms with Gasteiger partial charge in [-0.25, -0.2) is 0 Å². The molecule has 0 spiro atoms. The number of hydrogen-bond acceptors (Lipinski definition) is 4. The standard InChI is InChI=1S/C13H16O3S/c1-9-6-11(14)8-12(7-9)16-13(15)10-2-4-17-5-3-10/h6-8,10,14H,2-5H2,1H3. The van der Waals surface area contributed by atoms with Crippen molar-refractivity contribution < 1.29 is 14.6 Å². The Morgan fingerprint density at radius 3 is 2.71 bits per heavy atom. The number of phenols is 1. The van der Waals surface area contributed by atoms with Gasteiger partial charge in [0.25, 0.3) is 0 Å². The Hall–Kier alpha value is -1.16. The summed E-state index contributed by atoms with van der Waals surface area (Å²) >= 11 is 1.88. The summed E-state index contributed by atoms with van der Waals surface area (Å²) in [7, 11) is 0. The first kappa shape index (κ1) is 12.3. The maximum atomic E-state index is 11.9. The van der Waals surface area contributed by atoms with Crippen LogP contribution in [-0.2, 0) is 4.79 Å². The zero-order valence-corrected chi connectivity index (χ0v) is 10.6. The fraction of sp³-hybridized carbons (Fsp3) is 0.462. The van der Waals surface area contributed by atoms with Crippen LogP contribution in [0.15, 0.2) is 18.2 Å². The molecule has 0 atom stereocenters. The van der Waals surface area contributed by atoms with Gasteiger partial charge in [-0.2, -0.15) is 11.8 Å². The SMILES string of the molecule is Cc1cc(O)cc(OC(=O)C2CCSCC2)c1. The lowest BCUT2D eigenvalue weighted by atomic mass is 10.0. The van der Waals surface area contributed by atoms with Crippen LogP contribution in [-0.4, -0.2) is 22.6 Å². The lowest BCUT2D eigenvalue weighted by Crippen LogP contribution is -2.24. The molecule has 1 aromatic carbocycles. The maximum Gasteiger partial charge on any atom is 0.314 e. The third-order valence-corrected chi connectivity index (χ3v) is 3.86. The van der Waals surface area contributed by atoms with Crippen molar-refractivity contribution in [2.24, 2.45) is 5.92 Å². The summed E-state index contributed by atoms with van der Waals surface area (Å²) in [5, 5.41) is 9.42. The van der Waals surface area contributed by atoms with Crippen LogP contribution in [0.3, 0.4) is 0 Å². The van der Waals surface area contributed by atoms with Crippen molar-refractivity contribution in [1.29, 1.82) is 0 Å². The number of thioether (sulfide) groups is 1. The minimum absolute atomic E-state index is 0.0129. The topological polar surface area (TPSA) is 46.5 Å². The highest BCUT2D eigenvalue weighted by atomic mass is 32.2. The zero-order chi connectivity index (χ0) is 12.3. The van der Waals surface area contributed by atoms with Gasteiger partial charge in [0, 0.05) is 6.07 Å². The predicted octanol–water partition coefficient (Wildman–Crippen LogP) is 2.75. The van der Waals surface area contributed by atoms with Crippen LogP contribution in [0.2, 0.25) is 0 Å². The molecule has 1 N–H and O–H groups in total. The van der Waals surface area contributed by atoms with E-state index in [9.17, 15) is 9.90 Å². The van der Waals surface area contributed by atoms with Gasteiger partial charge < -0.3 is 9.84 Å². The first-order valence-electron chi connectivity index (χ1n) is 5.75. The summed E-state index contributed by atoms with van der Waals surface area (Å²) in [6.45, 7) is 1.86. The average Bonchev–Trinajstić information content (AvgIpc) is 2.28. The molecule has 1 fully saturated rings. The second-order valence-corrected chi connectivity index (χ2v) is 5.54. The van der Waals surface area contributed by atoms with Gasteiger partial charge in [0.1, 0.15) is 11.5 Å². The molecule has 2 rings (SSSR count). The molecule has 0 aromatic heterocycles. The smallest absolute Gasteiger partial charge is 0.314 e. The van der Waals surface area contributed by atoms with Gasteiger partial charge in [-0.15, -0.1) is 0 Å². The fourth-order valence-corrected chi connectivity index (χ4v) is 3.03. The summed E-state index contributed by atoms with van der Waals surface area (Å²) < 4.78 is 5.31. The zero-order valence-electron chi connectivity index (χ0n) is 9.81. The number of carbonyl (C=O) groups excluding carboxylic acids is 1. The van der Waals surface area contributed by atoms with Gasteiger partial charge in [0.2, 0.25) is 0 Å². The highest BCUT2D eigenvalue weighted by Crippen LogP contribution is 2.26. The van der Waals surface area contributed by atoms with Gasteiger partial charge in [0.15, 0.2) is 0 Å². The molecule has 1 aliphatic rings. The molecule has 0 radical (unpaired) electrons. The number of aromatic hydroxyl groups is 1. The summed E-state index contributed by atoms with van der Waals surface area (Å²) in [6.07, 6.45) is 1.78. The number of ether oxygens (including phenoxy) is 1.